The van der Waals surface area contributed by atoms with Crippen molar-refractivity contribution in [3.8, 4) is 16.9 Å². The zero-order chi connectivity index (χ0) is 23.5. The Labute approximate surface area is 204 Å². The van der Waals surface area contributed by atoms with Gasteiger partial charge < -0.3 is 14.4 Å². The number of hydrogen-bond acceptors (Lipinski definition) is 7. The van der Waals surface area contributed by atoms with Gasteiger partial charge in [-0.05, 0) is 42.5 Å². The van der Waals surface area contributed by atoms with E-state index in [0.29, 0.717) is 23.1 Å². The van der Waals surface area contributed by atoms with E-state index >= 15 is 0 Å². The number of hydrogen-bond donors (Lipinski definition) is 0. The largest absolute Gasteiger partial charge is 0.482 e. The fourth-order valence-electron chi connectivity index (χ4n) is 4.49. The van der Waals surface area contributed by atoms with Crippen molar-refractivity contribution >= 4 is 29.6 Å². The van der Waals surface area contributed by atoms with Crippen LogP contribution < -0.4 is 9.64 Å². The molecule has 2 aromatic carbocycles. The first-order chi connectivity index (χ1) is 16.6. The summed E-state index contributed by atoms with van der Waals surface area (Å²) in [4.78, 5) is 23.6. The van der Waals surface area contributed by atoms with Gasteiger partial charge in [0.2, 0.25) is 0 Å². The number of nitrogens with zero attached hydrogens (tertiary/aromatic N) is 3. The first kappa shape index (κ1) is 22.5. The summed E-state index contributed by atoms with van der Waals surface area (Å²) >= 11 is 1.46. The normalized spacial score (nSPS) is 16.1. The number of anilines is 1. The number of thioether (sulfide) groups is 1. The van der Waals surface area contributed by atoms with Crippen LogP contribution in [0.1, 0.15) is 35.7 Å². The predicted molar refractivity (Wildman–Crippen MR) is 135 cm³/mol. The van der Waals surface area contributed by atoms with E-state index < -0.39 is 0 Å². The minimum atomic E-state index is -0.387. The second-order valence-electron chi connectivity index (χ2n) is 8.42. The number of esters is 1. The Morgan fingerprint density at radius 1 is 1.15 bits per heavy atom. The number of piperidine rings is 1. The van der Waals surface area contributed by atoms with Gasteiger partial charge in [0.1, 0.15) is 22.7 Å². The monoisotopic (exact) mass is 473 g/mol. The van der Waals surface area contributed by atoms with Crippen LogP contribution in [0.15, 0.2) is 66.0 Å². The van der Waals surface area contributed by atoms with Gasteiger partial charge in [0.15, 0.2) is 5.16 Å². The minimum Gasteiger partial charge on any atom is -0.482 e. The van der Waals surface area contributed by atoms with Crippen LogP contribution >= 0.6 is 11.8 Å². The molecule has 34 heavy (non-hydrogen) atoms. The van der Waals surface area contributed by atoms with Crippen molar-refractivity contribution in [2.75, 3.05) is 30.9 Å². The quantitative estimate of drug-likeness (QED) is 0.276. The van der Waals surface area contributed by atoms with Crippen LogP contribution in [0.3, 0.4) is 0 Å². The highest BCUT2D eigenvalue weighted by atomic mass is 32.2. The van der Waals surface area contributed by atoms with E-state index in [4.69, 9.17) is 9.47 Å². The molecule has 5 rings (SSSR count). The van der Waals surface area contributed by atoms with Crippen LogP contribution in [-0.4, -0.2) is 47.5 Å². The Bertz CT molecular complexity index is 1220. The highest BCUT2D eigenvalue weighted by Gasteiger charge is 2.38. The summed E-state index contributed by atoms with van der Waals surface area (Å²) in [7, 11) is 0. The van der Waals surface area contributed by atoms with Gasteiger partial charge in [0.25, 0.3) is 0 Å². The lowest BCUT2D eigenvalue weighted by molar-refractivity contribution is 0.0525. The maximum Gasteiger partial charge on any atom is 0.343 e. The summed E-state index contributed by atoms with van der Waals surface area (Å²) in [5.41, 5.74) is 3.53. The average molecular weight is 474 g/mol. The third kappa shape index (κ3) is 4.40. The molecule has 174 valence electrons. The third-order valence-electron chi connectivity index (χ3n) is 6.33. The van der Waals surface area contributed by atoms with E-state index in [0.717, 1.165) is 37.2 Å². The Kier molecular flexibility index (Phi) is 6.28. The molecule has 0 amide bonds. The average Bonchev–Trinajstić information content (AvgIpc) is 2.89. The molecule has 0 unspecified atom stereocenters. The van der Waals surface area contributed by atoms with Gasteiger partial charge in [-0.3, -0.25) is 0 Å². The molecule has 2 aliphatic heterocycles. The zero-order valence-corrected chi connectivity index (χ0v) is 20.2. The zero-order valence-electron chi connectivity index (χ0n) is 19.4. The SMILES string of the molecule is CCOC(=O)c1cnc(SC)nc1N1CCC2(C=Cc3cc(-c4ccccc4)ccc3O2)CC1. The number of carbonyl (C=O) groups excluding carboxylic acids is 1. The maximum absolute atomic E-state index is 12.5. The van der Waals surface area contributed by atoms with Gasteiger partial charge in [0, 0.05) is 37.7 Å². The highest BCUT2D eigenvalue weighted by Crippen LogP contribution is 2.39. The summed E-state index contributed by atoms with van der Waals surface area (Å²) in [6, 6.07) is 16.7. The Morgan fingerprint density at radius 2 is 1.94 bits per heavy atom. The molecular formula is C27H27N3O3S. The second-order valence-corrected chi connectivity index (χ2v) is 9.19. The lowest BCUT2D eigenvalue weighted by Crippen LogP contribution is -2.48. The van der Waals surface area contributed by atoms with E-state index in [-0.39, 0.29) is 11.6 Å². The van der Waals surface area contributed by atoms with Crippen LogP contribution in [0, 0.1) is 0 Å². The van der Waals surface area contributed by atoms with Crippen molar-refractivity contribution in [1.82, 2.24) is 9.97 Å². The van der Waals surface area contributed by atoms with Crippen molar-refractivity contribution < 1.29 is 14.3 Å². The van der Waals surface area contributed by atoms with E-state index in [1.165, 1.54) is 22.9 Å². The highest BCUT2D eigenvalue weighted by molar-refractivity contribution is 7.98. The summed E-state index contributed by atoms with van der Waals surface area (Å²) < 4.78 is 11.8. The lowest BCUT2D eigenvalue weighted by atomic mass is 9.87. The van der Waals surface area contributed by atoms with E-state index in [1.807, 2.05) is 12.3 Å². The van der Waals surface area contributed by atoms with Crippen LogP contribution in [0.25, 0.3) is 17.2 Å². The molecule has 1 saturated heterocycles. The first-order valence-electron chi connectivity index (χ1n) is 11.5. The van der Waals surface area contributed by atoms with E-state index in [2.05, 4.69) is 69.5 Å². The van der Waals surface area contributed by atoms with Gasteiger partial charge in [-0.2, -0.15) is 0 Å². The molecule has 0 bridgehead atoms. The molecule has 3 heterocycles. The molecule has 6 nitrogen and oxygen atoms in total. The molecule has 2 aliphatic rings. The number of fused-ring (bicyclic) bond motifs is 1. The molecule has 0 atom stereocenters. The van der Waals surface area contributed by atoms with Crippen molar-refractivity contribution in [3.05, 3.63) is 71.9 Å². The van der Waals surface area contributed by atoms with Crippen LogP contribution in [0.5, 0.6) is 5.75 Å². The number of ether oxygens (including phenoxy) is 2. The van der Waals surface area contributed by atoms with Crippen LogP contribution in [0.4, 0.5) is 5.82 Å². The van der Waals surface area contributed by atoms with Crippen molar-refractivity contribution in [2.24, 2.45) is 0 Å². The maximum atomic E-state index is 12.5. The summed E-state index contributed by atoms with van der Waals surface area (Å²) in [6.07, 6.45) is 9.47. The van der Waals surface area contributed by atoms with Crippen LogP contribution in [-0.2, 0) is 4.74 Å². The fourth-order valence-corrected chi connectivity index (χ4v) is 4.83. The molecule has 0 saturated carbocycles. The number of carbonyl (C=O) groups is 1. The molecule has 0 radical (unpaired) electrons. The summed E-state index contributed by atoms with van der Waals surface area (Å²) in [5.74, 6) is 1.16. The molecule has 1 fully saturated rings. The summed E-state index contributed by atoms with van der Waals surface area (Å²) in [6.45, 7) is 3.56. The summed E-state index contributed by atoms with van der Waals surface area (Å²) in [5, 5.41) is 0.639. The standard InChI is InChI=1S/C27H27N3O3S/c1-3-32-25(31)22-18-28-26(34-2)29-24(22)30-15-13-27(14-16-30)12-11-21-17-20(9-10-23(21)33-27)19-7-5-4-6-8-19/h4-12,17-18H,3,13-16H2,1-2H3. The third-order valence-corrected chi connectivity index (χ3v) is 6.89. The molecule has 7 heteroatoms. The first-order valence-corrected chi connectivity index (χ1v) is 12.7. The molecule has 3 aromatic rings. The second kappa shape index (κ2) is 9.50. The van der Waals surface area contributed by atoms with Gasteiger partial charge in [-0.1, -0.05) is 54.2 Å². The molecule has 1 aromatic heterocycles. The van der Waals surface area contributed by atoms with Crippen molar-refractivity contribution in [1.29, 1.82) is 0 Å². The topological polar surface area (TPSA) is 64.5 Å². The smallest absolute Gasteiger partial charge is 0.343 e. The Hall–Kier alpha value is -3.32. The lowest BCUT2D eigenvalue weighted by Gasteiger charge is -2.42. The number of aromatic nitrogens is 2. The predicted octanol–water partition coefficient (Wildman–Crippen LogP) is 5.49. The van der Waals surface area contributed by atoms with Gasteiger partial charge in [0.05, 0.1) is 6.61 Å². The van der Waals surface area contributed by atoms with E-state index in [1.54, 1.807) is 13.1 Å². The van der Waals surface area contributed by atoms with Crippen molar-refractivity contribution in [3.63, 3.8) is 0 Å². The van der Waals surface area contributed by atoms with Gasteiger partial charge in [-0.15, -0.1) is 0 Å². The molecule has 0 aliphatic carbocycles. The number of rotatable bonds is 5. The number of benzene rings is 2. The van der Waals surface area contributed by atoms with Crippen molar-refractivity contribution in [2.45, 2.75) is 30.5 Å². The molecule has 0 N–H and O–H groups in total. The molecular weight excluding hydrogens is 446 g/mol. The molecule has 1 spiro atoms. The van der Waals surface area contributed by atoms with E-state index in [9.17, 15) is 4.79 Å². The Morgan fingerprint density at radius 3 is 2.68 bits per heavy atom. The van der Waals surface area contributed by atoms with Crippen LogP contribution in [0.2, 0.25) is 0 Å². The minimum absolute atomic E-state index is 0.315. The van der Waals surface area contributed by atoms with Gasteiger partial charge in [-0.25, -0.2) is 14.8 Å². The fraction of sp³-hybridized carbons (Fsp3) is 0.296. The van der Waals surface area contributed by atoms with Gasteiger partial charge >= 0.3 is 5.97 Å². The Balaban J connectivity index is 1.34.